The molecule has 2 N–H and O–H groups in total. The summed E-state index contributed by atoms with van der Waals surface area (Å²) in [6.45, 7) is 1.43. The number of hydrogen-bond donors (Lipinski definition) is 2. The van der Waals surface area contributed by atoms with Crippen LogP contribution in [0.15, 0.2) is 18.2 Å². The van der Waals surface area contributed by atoms with Crippen molar-refractivity contribution < 1.29 is 13.9 Å². The van der Waals surface area contributed by atoms with Crippen LogP contribution in [0.1, 0.15) is 32.6 Å². The lowest BCUT2D eigenvalue weighted by molar-refractivity contribution is -0.114. The molecule has 0 spiro atoms. The number of anilines is 2. The Balaban J connectivity index is 2.00. The van der Waals surface area contributed by atoms with Crippen LogP contribution in [0.2, 0.25) is 0 Å². The van der Waals surface area contributed by atoms with Crippen molar-refractivity contribution in [3.63, 3.8) is 0 Å². The highest BCUT2D eigenvalue weighted by molar-refractivity contribution is 5.89. The van der Waals surface area contributed by atoms with Crippen molar-refractivity contribution in [3.8, 4) is 0 Å². The largest absolute Gasteiger partial charge is 0.381 e. The molecule has 0 aliphatic heterocycles. The second-order valence-corrected chi connectivity index (χ2v) is 5.23. The summed E-state index contributed by atoms with van der Waals surface area (Å²) in [5.41, 5.74) is 1.05. The Kier molecular flexibility index (Phi) is 4.95. The smallest absolute Gasteiger partial charge is 0.221 e. The number of carbonyl (C=O) groups is 1. The van der Waals surface area contributed by atoms with E-state index in [1.807, 2.05) is 0 Å². The number of methoxy groups -OCH3 is 1. The Morgan fingerprint density at radius 3 is 2.60 bits per heavy atom. The van der Waals surface area contributed by atoms with Crippen LogP contribution in [0.25, 0.3) is 0 Å². The Labute approximate surface area is 118 Å². The van der Waals surface area contributed by atoms with Gasteiger partial charge in [0.1, 0.15) is 5.82 Å². The summed E-state index contributed by atoms with van der Waals surface area (Å²) >= 11 is 0. The average molecular weight is 280 g/mol. The van der Waals surface area contributed by atoms with Gasteiger partial charge in [-0.1, -0.05) is 0 Å². The van der Waals surface area contributed by atoms with E-state index >= 15 is 0 Å². The van der Waals surface area contributed by atoms with Gasteiger partial charge in [0.2, 0.25) is 5.91 Å². The van der Waals surface area contributed by atoms with Crippen LogP contribution < -0.4 is 10.6 Å². The third kappa shape index (κ3) is 3.93. The highest BCUT2D eigenvalue weighted by Gasteiger charge is 2.21. The van der Waals surface area contributed by atoms with Gasteiger partial charge in [-0.15, -0.1) is 0 Å². The summed E-state index contributed by atoms with van der Waals surface area (Å²) in [4.78, 5) is 11.0. The molecule has 2 rings (SSSR count). The molecular formula is C15H21FN2O2. The van der Waals surface area contributed by atoms with Crippen molar-refractivity contribution in [1.29, 1.82) is 0 Å². The number of amides is 1. The zero-order chi connectivity index (χ0) is 14.5. The van der Waals surface area contributed by atoms with Gasteiger partial charge < -0.3 is 15.4 Å². The van der Waals surface area contributed by atoms with Crippen molar-refractivity contribution in [2.24, 2.45) is 0 Å². The first-order valence-corrected chi connectivity index (χ1v) is 6.95. The predicted octanol–water partition coefficient (Wildman–Crippen LogP) is 3.15. The Hall–Kier alpha value is -1.62. The van der Waals surface area contributed by atoms with Crippen molar-refractivity contribution in [2.75, 3.05) is 17.7 Å². The molecule has 0 radical (unpaired) electrons. The summed E-state index contributed by atoms with van der Waals surface area (Å²) in [6, 6.07) is 4.82. The molecule has 1 amide bonds. The number of ether oxygens (including phenoxy) is 1. The Bertz CT molecular complexity index is 471. The predicted molar refractivity (Wildman–Crippen MR) is 77.4 cm³/mol. The first kappa shape index (κ1) is 14.8. The van der Waals surface area contributed by atoms with Crippen LogP contribution in [0.3, 0.4) is 0 Å². The molecule has 0 atom stereocenters. The fraction of sp³-hybridized carbons (Fsp3) is 0.533. The molecule has 20 heavy (non-hydrogen) atoms. The highest BCUT2D eigenvalue weighted by atomic mass is 19.1. The minimum Gasteiger partial charge on any atom is -0.381 e. The van der Waals surface area contributed by atoms with Crippen molar-refractivity contribution in [2.45, 2.75) is 44.8 Å². The number of hydrogen-bond acceptors (Lipinski definition) is 3. The molecule has 0 heterocycles. The number of nitrogens with one attached hydrogen (secondary N) is 2. The zero-order valence-electron chi connectivity index (χ0n) is 11.9. The van der Waals surface area contributed by atoms with Crippen LogP contribution >= 0.6 is 0 Å². The summed E-state index contributed by atoms with van der Waals surface area (Å²) in [5.74, 6) is -0.462. The van der Waals surface area contributed by atoms with Crippen molar-refractivity contribution >= 4 is 17.3 Å². The van der Waals surface area contributed by atoms with E-state index in [2.05, 4.69) is 10.6 Å². The molecule has 1 aromatic carbocycles. The molecule has 4 nitrogen and oxygen atoms in total. The molecule has 0 aromatic heterocycles. The first-order chi connectivity index (χ1) is 9.58. The molecule has 0 saturated heterocycles. The van der Waals surface area contributed by atoms with E-state index < -0.39 is 0 Å². The van der Waals surface area contributed by atoms with Gasteiger partial charge in [0.15, 0.2) is 0 Å². The summed E-state index contributed by atoms with van der Waals surface area (Å²) < 4.78 is 19.1. The van der Waals surface area contributed by atoms with Crippen molar-refractivity contribution in [1.82, 2.24) is 0 Å². The van der Waals surface area contributed by atoms with E-state index in [1.165, 1.54) is 13.0 Å². The molecule has 1 saturated carbocycles. The van der Waals surface area contributed by atoms with Gasteiger partial charge in [-0.05, 0) is 43.9 Å². The molecule has 0 unspecified atom stereocenters. The summed E-state index contributed by atoms with van der Waals surface area (Å²) in [6.07, 6.45) is 4.22. The van der Waals surface area contributed by atoms with E-state index in [4.69, 9.17) is 4.74 Å². The number of halogens is 1. The maximum absolute atomic E-state index is 13.8. The van der Waals surface area contributed by atoms with E-state index in [0.717, 1.165) is 25.7 Å². The van der Waals surface area contributed by atoms with Gasteiger partial charge in [-0.3, -0.25) is 4.79 Å². The van der Waals surface area contributed by atoms with Gasteiger partial charge in [-0.25, -0.2) is 4.39 Å². The Morgan fingerprint density at radius 1 is 1.30 bits per heavy atom. The third-order valence-electron chi connectivity index (χ3n) is 3.65. The third-order valence-corrected chi connectivity index (χ3v) is 3.65. The number of rotatable bonds is 4. The Morgan fingerprint density at radius 2 is 2.00 bits per heavy atom. The fourth-order valence-electron chi connectivity index (χ4n) is 2.58. The van der Waals surface area contributed by atoms with Gasteiger partial charge in [0.05, 0.1) is 11.8 Å². The number of benzene rings is 1. The minimum absolute atomic E-state index is 0.164. The maximum atomic E-state index is 13.8. The monoisotopic (exact) mass is 280 g/mol. The van der Waals surface area contributed by atoms with Gasteiger partial charge in [0.25, 0.3) is 0 Å². The van der Waals surface area contributed by atoms with Crippen LogP contribution in [0.5, 0.6) is 0 Å². The van der Waals surface area contributed by atoms with E-state index in [9.17, 15) is 9.18 Å². The maximum Gasteiger partial charge on any atom is 0.221 e. The van der Waals surface area contributed by atoms with Crippen LogP contribution in [0.4, 0.5) is 15.8 Å². The first-order valence-electron chi connectivity index (χ1n) is 6.95. The zero-order valence-corrected chi connectivity index (χ0v) is 11.9. The SMILES string of the molecule is COC1CCC(Nc2cc(NC(C)=O)ccc2F)CC1. The van der Waals surface area contributed by atoms with E-state index in [0.29, 0.717) is 17.5 Å². The van der Waals surface area contributed by atoms with E-state index in [-0.39, 0.29) is 17.8 Å². The average Bonchev–Trinajstić information content (AvgIpc) is 2.43. The second-order valence-electron chi connectivity index (χ2n) is 5.23. The van der Waals surface area contributed by atoms with Crippen LogP contribution in [-0.2, 0) is 9.53 Å². The topological polar surface area (TPSA) is 50.4 Å². The molecule has 1 aliphatic carbocycles. The van der Waals surface area contributed by atoms with Gasteiger partial charge in [-0.2, -0.15) is 0 Å². The second kappa shape index (κ2) is 6.70. The molecule has 5 heteroatoms. The molecule has 1 fully saturated rings. The van der Waals surface area contributed by atoms with Crippen molar-refractivity contribution in [3.05, 3.63) is 24.0 Å². The van der Waals surface area contributed by atoms with Crippen LogP contribution in [0, 0.1) is 5.82 Å². The summed E-state index contributed by atoms with van der Waals surface area (Å²) in [7, 11) is 1.73. The molecule has 1 aromatic rings. The standard InChI is InChI=1S/C15H21FN2O2/c1-10(19)17-12-5-8-14(16)15(9-12)18-11-3-6-13(20-2)7-4-11/h5,8-9,11,13,18H,3-4,6-7H2,1-2H3,(H,17,19). The normalized spacial score (nSPS) is 22.4. The lowest BCUT2D eigenvalue weighted by Crippen LogP contribution is -2.29. The quantitative estimate of drug-likeness (QED) is 0.890. The summed E-state index contributed by atoms with van der Waals surface area (Å²) in [5, 5.41) is 5.89. The molecule has 0 bridgehead atoms. The minimum atomic E-state index is -0.298. The van der Waals surface area contributed by atoms with E-state index in [1.54, 1.807) is 19.2 Å². The molecule has 1 aliphatic rings. The van der Waals surface area contributed by atoms with Gasteiger partial charge in [0, 0.05) is 25.8 Å². The molecular weight excluding hydrogens is 259 g/mol. The lowest BCUT2D eigenvalue weighted by Gasteiger charge is -2.29. The fourth-order valence-corrected chi connectivity index (χ4v) is 2.58. The molecule has 110 valence electrons. The number of carbonyl (C=O) groups excluding carboxylic acids is 1. The van der Waals surface area contributed by atoms with Crippen LogP contribution in [-0.4, -0.2) is 25.2 Å². The lowest BCUT2D eigenvalue weighted by atomic mass is 9.93. The highest BCUT2D eigenvalue weighted by Crippen LogP contribution is 2.26. The van der Waals surface area contributed by atoms with Gasteiger partial charge >= 0.3 is 0 Å².